The van der Waals surface area contributed by atoms with E-state index in [1.54, 1.807) is 0 Å². The average molecular weight is 429 g/mol. The van der Waals surface area contributed by atoms with E-state index in [9.17, 15) is 4.79 Å². The molecule has 0 aromatic heterocycles. The zero-order valence-corrected chi connectivity index (χ0v) is 19.1. The molecule has 1 saturated heterocycles. The van der Waals surface area contributed by atoms with E-state index in [-0.39, 0.29) is 11.9 Å². The van der Waals surface area contributed by atoms with E-state index in [2.05, 4.69) is 54.0 Å². The van der Waals surface area contributed by atoms with Gasteiger partial charge in [-0.05, 0) is 48.6 Å². The van der Waals surface area contributed by atoms with Crippen LogP contribution in [0.25, 0.3) is 0 Å². The highest BCUT2D eigenvalue weighted by Crippen LogP contribution is 2.21. The first kappa shape index (κ1) is 22.6. The normalized spacial score (nSPS) is 16.0. The fraction of sp³-hybridized carbons (Fsp3) is 0.480. The number of halogens is 1. The quantitative estimate of drug-likeness (QED) is 0.553. The van der Waals surface area contributed by atoms with E-state index in [1.165, 1.54) is 11.3 Å². The molecule has 0 amide bonds. The number of hydrogen-bond acceptors (Lipinski definition) is 4. The van der Waals surface area contributed by atoms with Gasteiger partial charge in [0.1, 0.15) is 6.61 Å². The van der Waals surface area contributed by atoms with Crippen LogP contribution in [-0.4, -0.2) is 50.2 Å². The van der Waals surface area contributed by atoms with Gasteiger partial charge in [0.2, 0.25) is 0 Å². The standard InChI is InChI=1S/C25H33ClN2O2/c1-19(2)17-21-7-9-22(10-8-21)20(3)25(29)30-16-15-27-11-13-28(14-12-27)24-6-4-5-23(26)18-24/h4-10,18-20H,11-17H2,1-3H3/t20-/m0/s1. The number of carbonyl (C=O) groups is 1. The van der Waals surface area contributed by atoms with E-state index in [4.69, 9.17) is 16.3 Å². The van der Waals surface area contributed by atoms with Crippen LogP contribution in [0.15, 0.2) is 48.5 Å². The molecule has 0 N–H and O–H groups in total. The van der Waals surface area contributed by atoms with Crippen molar-refractivity contribution in [2.45, 2.75) is 33.1 Å². The molecule has 5 heteroatoms. The Bertz CT molecular complexity index is 814. The summed E-state index contributed by atoms with van der Waals surface area (Å²) >= 11 is 6.10. The van der Waals surface area contributed by atoms with Gasteiger partial charge < -0.3 is 9.64 Å². The van der Waals surface area contributed by atoms with Gasteiger partial charge in [0.25, 0.3) is 0 Å². The zero-order valence-electron chi connectivity index (χ0n) is 18.3. The second-order valence-corrected chi connectivity index (χ2v) is 8.97. The highest BCUT2D eigenvalue weighted by molar-refractivity contribution is 6.30. The molecule has 0 unspecified atom stereocenters. The fourth-order valence-corrected chi connectivity index (χ4v) is 4.04. The number of carbonyl (C=O) groups excluding carboxylic acids is 1. The summed E-state index contributed by atoms with van der Waals surface area (Å²) in [6.45, 7) is 11.4. The number of ether oxygens (including phenoxy) is 1. The second kappa shape index (κ2) is 10.8. The van der Waals surface area contributed by atoms with Crippen molar-refractivity contribution in [3.63, 3.8) is 0 Å². The summed E-state index contributed by atoms with van der Waals surface area (Å²) < 4.78 is 5.57. The zero-order chi connectivity index (χ0) is 21.5. The van der Waals surface area contributed by atoms with Gasteiger partial charge in [-0.25, -0.2) is 0 Å². The van der Waals surface area contributed by atoms with Gasteiger partial charge in [0.05, 0.1) is 5.92 Å². The first-order chi connectivity index (χ1) is 14.4. The molecule has 0 spiro atoms. The van der Waals surface area contributed by atoms with Crippen LogP contribution >= 0.6 is 11.6 Å². The molecule has 0 bridgehead atoms. The van der Waals surface area contributed by atoms with Crippen molar-refractivity contribution in [2.75, 3.05) is 44.2 Å². The van der Waals surface area contributed by atoms with E-state index in [0.717, 1.165) is 49.7 Å². The molecule has 1 heterocycles. The Labute approximate surface area is 185 Å². The minimum atomic E-state index is -0.238. The number of esters is 1. The third-order valence-electron chi connectivity index (χ3n) is 5.67. The topological polar surface area (TPSA) is 32.8 Å². The Hall–Kier alpha value is -2.04. The Morgan fingerprint density at radius 1 is 1.03 bits per heavy atom. The number of hydrogen-bond donors (Lipinski definition) is 0. The van der Waals surface area contributed by atoms with Crippen LogP contribution in [0.5, 0.6) is 0 Å². The van der Waals surface area contributed by atoms with E-state index >= 15 is 0 Å². The lowest BCUT2D eigenvalue weighted by molar-refractivity contribution is -0.145. The van der Waals surface area contributed by atoms with Crippen molar-refractivity contribution >= 4 is 23.3 Å². The summed E-state index contributed by atoms with van der Waals surface area (Å²) in [5.74, 6) is 0.243. The number of anilines is 1. The molecule has 1 atom stereocenters. The molecule has 30 heavy (non-hydrogen) atoms. The minimum absolute atomic E-state index is 0.149. The molecular formula is C25H33ClN2O2. The molecule has 3 rings (SSSR count). The lowest BCUT2D eigenvalue weighted by Gasteiger charge is -2.36. The Balaban J connectivity index is 1.39. The van der Waals surface area contributed by atoms with Crippen molar-refractivity contribution in [1.82, 2.24) is 4.90 Å². The van der Waals surface area contributed by atoms with Gasteiger partial charge in [-0.2, -0.15) is 0 Å². The van der Waals surface area contributed by atoms with Crippen molar-refractivity contribution in [3.05, 3.63) is 64.7 Å². The van der Waals surface area contributed by atoms with E-state index in [0.29, 0.717) is 12.5 Å². The lowest BCUT2D eigenvalue weighted by atomic mass is 9.97. The number of benzene rings is 2. The van der Waals surface area contributed by atoms with Gasteiger partial charge in [-0.1, -0.05) is 55.8 Å². The van der Waals surface area contributed by atoms with E-state index in [1.807, 2.05) is 25.1 Å². The maximum atomic E-state index is 12.5. The third-order valence-corrected chi connectivity index (χ3v) is 5.91. The van der Waals surface area contributed by atoms with Crippen LogP contribution in [0.2, 0.25) is 5.02 Å². The first-order valence-electron chi connectivity index (χ1n) is 10.9. The molecule has 0 aliphatic carbocycles. The monoisotopic (exact) mass is 428 g/mol. The molecule has 2 aromatic rings. The maximum absolute atomic E-state index is 12.5. The van der Waals surface area contributed by atoms with Crippen LogP contribution < -0.4 is 4.90 Å². The molecule has 162 valence electrons. The van der Waals surface area contributed by atoms with E-state index < -0.39 is 0 Å². The maximum Gasteiger partial charge on any atom is 0.313 e. The summed E-state index contributed by atoms with van der Waals surface area (Å²) in [4.78, 5) is 17.1. The smallest absolute Gasteiger partial charge is 0.313 e. The molecule has 1 aliphatic rings. The SMILES string of the molecule is CC(C)Cc1ccc([C@H](C)C(=O)OCCN2CCN(c3cccc(Cl)c3)CC2)cc1. The summed E-state index contributed by atoms with van der Waals surface area (Å²) in [6.07, 6.45) is 1.06. The molecule has 0 radical (unpaired) electrons. The molecule has 1 fully saturated rings. The van der Waals surface area contributed by atoms with Gasteiger partial charge in [-0.15, -0.1) is 0 Å². The lowest BCUT2D eigenvalue weighted by Crippen LogP contribution is -2.47. The van der Waals surface area contributed by atoms with Gasteiger partial charge >= 0.3 is 5.97 Å². The van der Waals surface area contributed by atoms with Crippen molar-refractivity contribution in [1.29, 1.82) is 0 Å². The Morgan fingerprint density at radius 2 is 1.73 bits per heavy atom. The summed E-state index contributed by atoms with van der Waals surface area (Å²) in [6, 6.07) is 16.4. The van der Waals surface area contributed by atoms with Crippen LogP contribution in [0, 0.1) is 5.92 Å². The molecule has 0 saturated carbocycles. The molecule has 4 nitrogen and oxygen atoms in total. The van der Waals surface area contributed by atoms with Gasteiger partial charge in [0, 0.05) is 43.4 Å². The summed E-state index contributed by atoms with van der Waals surface area (Å²) in [7, 11) is 0. The second-order valence-electron chi connectivity index (χ2n) is 8.54. The van der Waals surface area contributed by atoms with Gasteiger partial charge in [-0.3, -0.25) is 9.69 Å². The number of nitrogens with zero attached hydrogens (tertiary/aromatic N) is 2. The van der Waals surface area contributed by atoms with Gasteiger partial charge in [0.15, 0.2) is 0 Å². The van der Waals surface area contributed by atoms with Crippen molar-refractivity contribution in [2.24, 2.45) is 5.92 Å². The molecule has 1 aliphatic heterocycles. The predicted molar refractivity (Wildman–Crippen MR) is 124 cm³/mol. The van der Waals surface area contributed by atoms with Crippen LogP contribution in [0.4, 0.5) is 5.69 Å². The Kier molecular flexibility index (Phi) is 8.17. The van der Waals surface area contributed by atoms with Crippen LogP contribution in [-0.2, 0) is 16.0 Å². The minimum Gasteiger partial charge on any atom is -0.464 e. The Morgan fingerprint density at radius 3 is 2.37 bits per heavy atom. The number of rotatable bonds is 8. The van der Waals surface area contributed by atoms with Crippen molar-refractivity contribution in [3.8, 4) is 0 Å². The largest absolute Gasteiger partial charge is 0.464 e. The summed E-state index contributed by atoms with van der Waals surface area (Å²) in [5.41, 5.74) is 3.50. The number of piperazine rings is 1. The highest BCUT2D eigenvalue weighted by Gasteiger charge is 2.20. The molecule has 2 aromatic carbocycles. The fourth-order valence-electron chi connectivity index (χ4n) is 3.85. The first-order valence-corrected chi connectivity index (χ1v) is 11.3. The summed E-state index contributed by atoms with van der Waals surface area (Å²) in [5, 5.41) is 0.769. The van der Waals surface area contributed by atoms with Crippen LogP contribution in [0.1, 0.15) is 37.8 Å². The predicted octanol–water partition coefficient (Wildman–Crippen LogP) is 5.01. The molecular weight excluding hydrogens is 396 g/mol. The average Bonchev–Trinajstić information content (AvgIpc) is 2.74. The van der Waals surface area contributed by atoms with Crippen LogP contribution in [0.3, 0.4) is 0 Å². The van der Waals surface area contributed by atoms with Crippen molar-refractivity contribution < 1.29 is 9.53 Å². The highest BCUT2D eigenvalue weighted by atomic mass is 35.5. The third kappa shape index (κ3) is 6.48.